The molecule has 8 heteroatoms. The number of nitrogens with zero attached hydrogens (tertiary/aromatic N) is 2. The van der Waals surface area contributed by atoms with E-state index in [-0.39, 0.29) is 24.0 Å². The van der Waals surface area contributed by atoms with Crippen LogP contribution in [0, 0.1) is 12.8 Å². The van der Waals surface area contributed by atoms with Crippen LogP contribution in [-0.2, 0) is 11.3 Å². The molecule has 2 aromatic rings. The number of aromatic nitrogens is 1. The molecule has 2 heterocycles. The van der Waals surface area contributed by atoms with E-state index in [9.17, 15) is 0 Å². The van der Waals surface area contributed by atoms with Crippen LogP contribution >= 0.6 is 24.0 Å². The Bertz CT molecular complexity index is 861. The topological polar surface area (TPSA) is 77.0 Å². The predicted molar refractivity (Wildman–Crippen MR) is 139 cm³/mol. The standard InChI is InChI=1S/C24H34N4O3.HI/c1-18(2)17-29-12-5-11-25-24(26-16-21-8-4-7-19(3)27-21)28-20-9-10-22-23(15-20)31-14-6-13-30-22;/h4,7-10,15,18H,5-6,11-14,16-17H2,1-3H3,(H2,25,26,28);1H. The van der Waals surface area contributed by atoms with Crippen molar-refractivity contribution in [2.24, 2.45) is 10.9 Å². The first-order chi connectivity index (χ1) is 15.1. The Hall–Kier alpha value is -2.07. The highest BCUT2D eigenvalue weighted by Crippen LogP contribution is 2.32. The van der Waals surface area contributed by atoms with Gasteiger partial charge in [-0.1, -0.05) is 19.9 Å². The molecule has 3 rings (SSSR count). The number of pyridine rings is 1. The van der Waals surface area contributed by atoms with Crippen LogP contribution in [0.1, 0.15) is 38.1 Å². The molecule has 7 nitrogen and oxygen atoms in total. The van der Waals surface area contributed by atoms with Crippen molar-refractivity contribution in [2.45, 2.75) is 40.2 Å². The lowest BCUT2D eigenvalue weighted by Crippen LogP contribution is -2.32. The summed E-state index contributed by atoms with van der Waals surface area (Å²) in [4.78, 5) is 9.26. The summed E-state index contributed by atoms with van der Waals surface area (Å²) < 4.78 is 17.2. The van der Waals surface area contributed by atoms with Gasteiger partial charge in [-0.15, -0.1) is 24.0 Å². The highest BCUT2D eigenvalue weighted by Gasteiger charge is 2.11. The average molecular weight is 554 g/mol. The van der Waals surface area contributed by atoms with E-state index in [1.807, 2.05) is 43.3 Å². The monoisotopic (exact) mass is 554 g/mol. The van der Waals surface area contributed by atoms with E-state index in [4.69, 9.17) is 19.2 Å². The summed E-state index contributed by atoms with van der Waals surface area (Å²) in [5, 5.41) is 6.77. The maximum atomic E-state index is 5.81. The zero-order valence-electron chi connectivity index (χ0n) is 19.2. The first-order valence-electron chi connectivity index (χ1n) is 11.1. The smallest absolute Gasteiger partial charge is 0.196 e. The van der Waals surface area contributed by atoms with E-state index >= 15 is 0 Å². The number of fused-ring (bicyclic) bond motifs is 1. The van der Waals surface area contributed by atoms with Gasteiger partial charge >= 0.3 is 0 Å². The van der Waals surface area contributed by atoms with Crippen molar-refractivity contribution in [2.75, 3.05) is 38.3 Å². The van der Waals surface area contributed by atoms with Gasteiger partial charge in [0.1, 0.15) is 0 Å². The zero-order chi connectivity index (χ0) is 21.9. The molecule has 0 unspecified atom stereocenters. The fourth-order valence-corrected chi connectivity index (χ4v) is 3.07. The van der Waals surface area contributed by atoms with Gasteiger partial charge in [-0.05, 0) is 43.5 Å². The molecule has 1 aliphatic heterocycles. The number of anilines is 1. The maximum Gasteiger partial charge on any atom is 0.196 e. The minimum atomic E-state index is 0. The van der Waals surface area contributed by atoms with Crippen molar-refractivity contribution in [3.05, 3.63) is 47.8 Å². The Kier molecular flexibility index (Phi) is 11.6. The third-order valence-electron chi connectivity index (χ3n) is 4.56. The minimum absolute atomic E-state index is 0. The van der Waals surface area contributed by atoms with Crippen molar-refractivity contribution < 1.29 is 14.2 Å². The van der Waals surface area contributed by atoms with Gasteiger partial charge in [0, 0.05) is 43.6 Å². The molecule has 176 valence electrons. The number of benzene rings is 1. The number of nitrogens with one attached hydrogen (secondary N) is 2. The first kappa shape index (κ1) is 26.2. The van der Waals surface area contributed by atoms with Gasteiger partial charge in [0.05, 0.1) is 25.5 Å². The number of hydrogen-bond acceptors (Lipinski definition) is 5. The van der Waals surface area contributed by atoms with Gasteiger partial charge in [0.25, 0.3) is 0 Å². The molecule has 0 aliphatic carbocycles. The van der Waals surface area contributed by atoms with Crippen LogP contribution in [0.15, 0.2) is 41.4 Å². The fraction of sp³-hybridized carbons (Fsp3) is 0.500. The Morgan fingerprint density at radius 3 is 2.75 bits per heavy atom. The van der Waals surface area contributed by atoms with Gasteiger partial charge in [0.2, 0.25) is 0 Å². The van der Waals surface area contributed by atoms with Gasteiger partial charge in [-0.3, -0.25) is 4.98 Å². The largest absolute Gasteiger partial charge is 0.490 e. The summed E-state index contributed by atoms with van der Waals surface area (Å²) in [6.45, 7) is 10.4. The highest BCUT2D eigenvalue weighted by molar-refractivity contribution is 14.0. The second-order valence-electron chi connectivity index (χ2n) is 8.02. The Balaban J connectivity index is 0.00000363. The Morgan fingerprint density at radius 2 is 1.97 bits per heavy atom. The number of ether oxygens (including phenoxy) is 3. The van der Waals surface area contributed by atoms with E-state index in [2.05, 4.69) is 29.5 Å². The lowest BCUT2D eigenvalue weighted by molar-refractivity contribution is 0.108. The number of aliphatic imine (C=N–C) groups is 1. The molecule has 0 saturated heterocycles. The number of halogens is 1. The lowest BCUT2D eigenvalue weighted by Gasteiger charge is -2.15. The number of hydrogen-bond donors (Lipinski definition) is 2. The summed E-state index contributed by atoms with van der Waals surface area (Å²) in [6, 6.07) is 11.8. The fourth-order valence-electron chi connectivity index (χ4n) is 3.07. The third kappa shape index (κ3) is 9.20. The molecule has 0 amide bonds. The van der Waals surface area contributed by atoms with E-state index in [1.54, 1.807) is 0 Å². The molecule has 0 radical (unpaired) electrons. The van der Waals surface area contributed by atoms with Crippen LogP contribution in [0.3, 0.4) is 0 Å². The van der Waals surface area contributed by atoms with E-state index in [1.165, 1.54) is 0 Å². The second kappa shape index (κ2) is 14.2. The van der Waals surface area contributed by atoms with Crippen molar-refractivity contribution >= 4 is 35.6 Å². The van der Waals surface area contributed by atoms with Crippen molar-refractivity contribution in [3.63, 3.8) is 0 Å². The van der Waals surface area contributed by atoms with Gasteiger partial charge in [0.15, 0.2) is 17.5 Å². The summed E-state index contributed by atoms with van der Waals surface area (Å²) in [7, 11) is 0. The molecule has 1 aromatic heterocycles. The van der Waals surface area contributed by atoms with Crippen molar-refractivity contribution in [1.29, 1.82) is 0 Å². The van der Waals surface area contributed by atoms with Crippen LogP contribution in [0.2, 0.25) is 0 Å². The van der Waals surface area contributed by atoms with Crippen LogP contribution in [0.25, 0.3) is 0 Å². The summed E-state index contributed by atoms with van der Waals surface area (Å²) in [5.74, 6) is 2.78. The normalized spacial score (nSPS) is 13.3. The molecule has 1 aromatic carbocycles. The Morgan fingerprint density at radius 1 is 1.16 bits per heavy atom. The second-order valence-corrected chi connectivity index (χ2v) is 8.02. The Labute approximate surface area is 208 Å². The van der Waals surface area contributed by atoms with Crippen LogP contribution in [-0.4, -0.2) is 43.9 Å². The molecule has 0 saturated carbocycles. The minimum Gasteiger partial charge on any atom is -0.490 e. The van der Waals surface area contributed by atoms with Crippen molar-refractivity contribution in [3.8, 4) is 11.5 Å². The predicted octanol–water partition coefficient (Wildman–Crippen LogP) is 4.79. The molecular weight excluding hydrogens is 519 g/mol. The molecule has 0 fully saturated rings. The third-order valence-corrected chi connectivity index (χ3v) is 4.56. The van der Waals surface area contributed by atoms with Gasteiger partial charge in [-0.25, -0.2) is 4.99 Å². The summed E-state index contributed by atoms with van der Waals surface area (Å²) in [5.41, 5.74) is 2.81. The van der Waals surface area contributed by atoms with E-state index in [0.717, 1.165) is 61.2 Å². The average Bonchev–Trinajstić information content (AvgIpc) is 2.99. The van der Waals surface area contributed by atoms with Crippen molar-refractivity contribution in [1.82, 2.24) is 10.3 Å². The molecule has 0 bridgehead atoms. The zero-order valence-corrected chi connectivity index (χ0v) is 21.6. The van der Waals surface area contributed by atoms with E-state index < -0.39 is 0 Å². The van der Waals surface area contributed by atoms with Gasteiger partial charge in [-0.2, -0.15) is 0 Å². The number of aryl methyl sites for hydroxylation is 1. The van der Waals surface area contributed by atoms with Crippen LogP contribution in [0.4, 0.5) is 5.69 Å². The summed E-state index contributed by atoms with van der Waals surface area (Å²) >= 11 is 0. The molecular formula is C24H35IN4O3. The van der Waals surface area contributed by atoms with E-state index in [0.29, 0.717) is 31.6 Å². The summed E-state index contributed by atoms with van der Waals surface area (Å²) in [6.07, 6.45) is 1.78. The first-order valence-corrected chi connectivity index (χ1v) is 11.1. The molecule has 0 atom stereocenters. The number of rotatable bonds is 9. The highest BCUT2D eigenvalue weighted by atomic mass is 127. The van der Waals surface area contributed by atoms with Crippen LogP contribution in [0.5, 0.6) is 11.5 Å². The molecule has 2 N–H and O–H groups in total. The quantitative estimate of drug-likeness (QED) is 0.201. The number of guanidine groups is 1. The maximum absolute atomic E-state index is 5.81. The van der Waals surface area contributed by atoms with Crippen LogP contribution < -0.4 is 20.1 Å². The molecule has 32 heavy (non-hydrogen) atoms. The molecule has 1 aliphatic rings. The van der Waals surface area contributed by atoms with Gasteiger partial charge < -0.3 is 24.8 Å². The molecule has 0 spiro atoms. The SMILES string of the molecule is Cc1cccc(CN=C(NCCCOCC(C)C)Nc2ccc3c(c2)OCCCO3)n1.I. The lowest BCUT2D eigenvalue weighted by atomic mass is 10.2.